The largest absolute Gasteiger partial charge is 0.454 e. The smallest absolute Gasteiger partial charge is 0.231 e. The van der Waals surface area contributed by atoms with Crippen molar-refractivity contribution in [2.75, 3.05) is 6.79 Å². The maximum absolute atomic E-state index is 12.7. The van der Waals surface area contributed by atoms with Crippen LogP contribution >= 0.6 is 0 Å². The van der Waals surface area contributed by atoms with Gasteiger partial charge in [0.25, 0.3) is 0 Å². The Labute approximate surface area is 162 Å². The van der Waals surface area contributed by atoms with Crippen molar-refractivity contribution in [2.24, 2.45) is 7.05 Å². The van der Waals surface area contributed by atoms with Crippen LogP contribution in [0.25, 0.3) is 17.3 Å². The predicted octanol–water partition coefficient (Wildman–Crippen LogP) is 3.15. The van der Waals surface area contributed by atoms with Gasteiger partial charge >= 0.3 is 0 Å². The molecule has 1 aromatic heterocycles. The first-order valence-corrected chi connectivity index (χ1v) is 9.82. The number of ether oxygens (including phenoxy) is 2. The van der Waals surface area contributed by atoms with Crippen molar-refractivity contribution >= 4 is 15.9 Å². The third-order valence-corrected chi connectivity index (χ3v) is 6.09. The Balaban J connectivity index is 1.74. The van der Waals surface area contributed by atoms with E-state index in [9.17, 15) is 13.7 Å². The number of allylic oxidation sites excluding steroid dienone is 1. The topological polar surface area (TPSA) is 94.2 Å². The van der Waals surface area contributed by atoms with Gasteiger partial charge in [-0.05, 0) is 30.3 Å². The zero-order valence-corrected chi connectivity index (χ0v) is 15.7. The molecule has 0 N–H and O–H groups in total. The van der Waals surface area contributed by atoms with E-state index in [1.165, 1.54) is 18.2 Å². The molecule has 28 heavy (non-hydrogen) atoms. The molecule has 1 aliphatic rings. The van der Waals surface area contributed by atoms with Gasteiger partial charge in [-0.15, -0.1) is 0 Å². The average Bonchev–Trinajstić information content (AvgIpc) is 3.32. The minimum Gasteiger partial charge on any atom is -0.454 e. The van der Waals surface area contributed by atoms with Crippen molar-refractivity contribution in [1.29, 1.82) is 5.26 Å². The summed E-state index contributed by atoms with van der Waals surface area (Å²) in [5.74, 6) is 1.66. The summed E-state index contributed by atoms with van der Waals surface area (Å²) >= 11 is 0. The Hall–Kier alpha value is -3.57. The molecule has 3 aromatic rings. The van der Waals surface area contributed by atoms with E-state index in [1.54, 1.807) is 48.1 Å². The molecule has 140 valence electrons. The van der Waals surface area contributed by atoms with Gasteiger partial charge in [-0.25, -0.2) is 13.4 Å². The SMILES string of the molecule is Cn1c(-c2ccc3c(c2)OCO3)cnc1/C=C(\C#N)S(=O)(=O)c1ccccc1. The minimum absolute atomic E-state index is 0.0630. The van der Waals surface area contributed by atoms with E-state index in [2.05, 4.69) is 4.98 Å². The first-order valence-electron chi connectivity index (χ1n) is 8.34. The molecule has 0 saturated heterocycles. The molecule has 0 atom stereocenters. The summed E-state index contributed by atoms with van der Waals surface area (Å²) in [4.78, 5) is 3.97. The van der Waals surface area contributed by atoms with E-state index in [-0.39, 0.29) is 16.6 Å². The van der Waals surface area contributed by atoms with E-state index in [4.69, 9.17) is 9.47 Å². The second kappa shape index (κ2) is 6.87. The molecule has 4 rings (SSSR count). The number of rotatable bonds is 4. The average molecular weight is 393 g/mol. The molecular weight excluding hydrogens is 378 g/mol. The van der Waals surface area contributed by atoms with Crippen molar-refractivity contribution in [3.05, 3.63) is 65.5 Å². The summed E-state index contributed by atoms with van der Waals surface area (Å²) < 4.78 is 37.9. The van der Waals surface area contributed by atoms with Gasteiger partial charge in [0.05, 0.1) is 16.8 Å². The van der Waals surface area contributed by atoms with Crippen LogP contribution in [0.4, 0.5) is 0 Å². The molecule has 1 aliphatic heterocycles. The Morgan fingerprint density at radius 3 is 2.68 bits per heavy atom. The predicted molar refractivity (Wildman–Crippen MR) is 102 cm³/mol. The van der Waals surface area contributed by atoms with Gasteiger partial charge in [0, 0.05) is 18.7 Å². The number of imidazole rings is 1. The number of nitriles is 1. The van der Waals surface area contributed by atoms with E-state index in [0.717, 1.165) is 11.3 Å². The van der Waals surface area contributed by atoms with Crippen LogP contribution in [0.15, 0.2) is 64.5 Å². The van der Waals surface area contributed by atoms with Crippen LogP contribution in [-0.4, -0.2) is 24.8 Å². The number of hydrogen-bond acceptors (Lipinski definition) is 6. The summed E-state index contributed by atoms with van der Waals surface area (Å²) in [6.07, 6.45) is 2.90. The second-order valence-electron chi connectivity index (χ2n) is 6.07. The molecule has 0 amide bonds. The molecule has 0 fully saturated rings. The second-order valence-corrected chi connectivity index (χ2v) is 7.98. The summed E-state index contributed by atoms with van der Waals surface area (Å²) in [6, 6.07) is 15.1. The van der Waals surface area contributed by atoms with E-state index in [0.29, 0.717) is 17.3 Å². The maximum atomic E-state index is 12.7. The standard InChI is InChI=1S/C20H15N3O4S/c1-23-17(14-7-8-18-19(9-14)27-13-26-18)12-22-20(23)10-16(11-21)28(24,25)15-5-3-2-4-6-15/h2-10,12H,13H2,1H3/b16-10+. The summed E-state index contributed by atoms with van der Waals surface area (Å²) in [5, 5.41) is 9.44. The quantitative estimate of drug-likeness (QED) is 0.632. The molecule has 8 heteroatoms. The molecule has 2 heterocycles. The molecule has 0 unspecified atom stereocenters. The fourth-order valence-corrected chi connectivity index (χ4v) is 4.05. The molecule has 2 aromatic carbocycles. The monoisotopic (exact) mass is 393 g/mol. The third kappa shape index (κ3) is 3.02. The van der Waals surface area contributed by atoms with Crippen molar-refractivity contribution in [1.82, 2.24) is 9.55 Å². The Bertz CT molecular complexity index is 1220. The van der Waals surface area contributed by atoms with Crippen molar-refractivity contribution in [2.45, 2.75) is 4.90 Å². The maximum Gasteiger partial charge on any atom is 0.231 e. The highest BCUT2D eigenvalue weighted by Gasteiger charge is 2.22. The highest BCUT2D eigenvalue weighted by atomic mass is 32.2. The lowest BCUT2D eigenvalue weighted by atomic mass is 10.1. The van der Waals surface area contributed by atoms with Crippen LogP contribution in [0.2, 0.25) is 0 Å². The Kier molecular flexibility index (Phi) is 4.37. The van der Waals surface area contributed by atoms with Crippen LogP contribution in [0.5, 0.6) is 11.5 Å². The van der Waals surface area contributed by atoms with Gasteiger partial charge in [-0.3, -0.25) is 0 Å². The van der Waals surface area contributed by atoms with Gasteiger partial charge in [0.1, 0.15) is 11.9 Å². The fraction of sp³-hybridized carbons (Fsp3) is 0.100. The van der Waals surface area contributed by atoms with E-state index < -0.39 is 9.84 Å². The van der Waals surface area contributed by atoms with Gasteiger partial charge in [-0.1, -0.05) is 18.2 Å². The summed E-state index contributed by atoms with van der Waals surface area (Å²) in [5.41, 5.74) is 1.59. The first-order chi connectivity index (χ1) is 13.5. The fourth-order valence-electron chi connectivity index (χ4n) is 2.90. The first kappa shape index (κ1) is 17.8. The minimum atomic E-state index is -3.92. The van der Waals surface area contributed by atoms with Crippen LogP contribution in [0.3, 0.4) is 0 Å². The number of nitrogens with zero attached hydrogens (tertiary/aromatic N) is 3. The number of sulfone groups is 1. The molecule has 7 nitrogen and oxygen atoms in total. The summed E-state index contributed by atoms with van der Waals surface area (Å²) in [6.45, 7) is 0.182. The lowest BCUT2D eigenvalue weighted by molar-refractivity contribution is 0.174. The highest BCUT2D eigenvalue weighted by Crippen LogP contribution is 2.36. The van der Waals surface area contributed by atoms with Crippen LogP contribution in [-0.2, 0) is 16.9 Å². The number of fused-ring (bicyclic) bond motifs is 1. The molecular formula is C20H15N3O4S. The molecule has 0 aliphatic carbocycles. The zero-order valence-electron chi connectivity index (χ0n) is 14.9. The molecule has 0 spiro atoms. The normalized spacial score (nSPS) is 13.4. The van der Waals surface area contributed by atoms with Crippen molar-refractivity contribution in [3.8, 4) is 28.8 Å². The number of hydrogen-bond donors (Lipinski definition) is 0. The molecule has 0 bridgehead atoms. The van der Waals surface area contributed by atoms with Crippen LogP contribution < -0.4 is 9.47 Å². The number of aromatic nitrogens is 2. The lowest BCUT2D eigenvalue weighted by Gasteiger charge is -2.06. The molecule has 0 radical (unpaired) electrons. The van der Waals surface area contributed by atoms with Gasteiger partial charge in [0.15, 0.2) is 16.4 Å². The van der Waals surface area contributed by atoms with Crippen LogP contribution in [0.1, 0.15) is 5.82 Å². The van der Waals surface area contributed by atoms with Gasteiger partial charge in [0.2, 0.25) is 16.6 Å². The van der Waals surface area contributed by atoms with E-state index in [1.807, 2.05) is 12.1 Å². The third-order valence-electron chi connectivity index (χ3n) is 4.41. The number of benzene rings is 2. The zero-order chi connectivity index (χ0) is 19.7. The van der Waals surface area contributed by atoms with Crippen LogP contribution in [0, 0.1) is 11.3 Å². The highest BCUT2D eigenvalue weighted by molar-refractivity contribution is 7.95. The Morgan fingerprint density at radius 1 is 1.18 bits per heavy atom. The van der Waals surface area contributed by atoms with Gasteiger partial charge in [-0.2, -0.15) is 5.26 Å². The molecule has 0 saturated carbocycles. The summed E-state index contributed by atoms with van der Waals surface area (Å²) in [7, 11) is -2.17. The van der Waals surface area contributed by atoms with Gasteiger partial charge < -0.3 is 14.0 Å². The van der Waals surface area contributed by atoms with E-state index >= 15 is 0 Å². The van der Waals surface area contributed by atoms with Crippen molar-refractivity contribution in [3.63, 3.8) is 0 Å². The lowest BCUT2D eigenvalue weighted by Crippen LogP contribution is -2.04. The van der Waals surface area contributed by atoms with Crippen molar-refractivity contribution < 1.29 is 17.9 Å². The Morgan fingerprint density at radius 2 is 1.93 bits per heavy atom.